The Morgan fingerprint density at radius 3 is 1.13 bits per heavy atom. The Kier molecular flexibility index (Phi) is 51.4. The number of unbranched alkanes of at least 4 members (excludes halogenated alkanes) is 37. The van der Waals surface area contributed by atoms with Crippen LogP contribution in [0.3, 0.4) is 0 Å². The van der Waals surface area contributed by atoms with E-state index in [9.17, 15) is 19.5 Å². The lowest BCUT2D eigenvalue weighted by Crippen LogP contribution is -2.40. The summed E-state index contributed by atoms with van der Waals surface area (Å²) in [6.07, 6.45) is 59.7. The molecule has 0 aromatic carbocycles. The van der Waals surface area contributed by atoms with Crippen LogP contribution >= 0.6 is 0 Å². The number of carbonyl (C=O) groups is 3. The fraction of sp³-hybridized carbons (Fsp3) is 0.885. The topological polar surface area (TPSA) is 108 Å². The third kappa shape index (κ3) is 53.6. The highest BCUT2D eigenvalue weighted by molar-refractivity contribution is 5.71. The molecule has 0 radical (unpaired) electrons. The summed E-state index contributed by atoms with van der Waals surface area (Å²) >= 11 is 0. The number of carbonyl (C=O) groups excluding carboxylic acids is 2. The van der Waals surface area contributed by atoms with E-state index >= 15 is 0 Å². The van der Waals surface area contributed by atoms with Crippen molar-refractivity contribution >= 4 is 17.9 Å². The van der Waals surface area contributed by atoms with E-state index in [0.29, 0.717) is 17.4 Å². The van der Waals surface area contributed by atoms with Gasteiger partial charge in [0.1, 0.15) is 13.2 Å². The van der Waals surface area contributed by atoms with Gasteiger partial charge in [0.15, 0.2) is 6.10 Å². The Labute approximate surface area is 433 Å². The molecule has 0 heterocycles. The van der Waals surface area contributed by atoms with Crippen molar-refractivity contribution in [2.45, 2.75) is 302 Å². The second kappa shape index (κ2) is 53.1. The lowest BCUT2D eigenvalue weighted by molar-refractivity contribution is -0.870. The van der Waals surface area contributed by atoms with Crippen LogP contribution in [0.4, 0.5) is 0 Å². The van der Waals surface area contributed by atoms with Gasteiger partial charge in [-0.2, -0.15) is 0 Å². The van der Waals surface area contributed by atoms with Crippen LogP contribution in [-0.2, 0) is 33.3 Å². The maximum atomic E-state index is 12.9. The highest BCUT2D eigenvalue weighted by Gasteiger charge is 2.25. The maximum absolute atomic E-state index is 12.9. The summed E-state index contributed by atoms with van der Waals surface area (Å²) in [4.78, 5) is 37.4. The summed E-state index contributed by atoms with van der Waals surface area (Å²) in [5.41, 5.74) is 0. The van der Waals surface area contributed by atoms with Crippen molar-refractivity contribution in [1.29, 1.82) is 0 Å². The van der Waals surface area contributed by atoms with E-state index in [1.165, 1.54) is 218 Å². The largest absolute Gasteiger partial charge is 0.477 e. The van der Waals surface area contributed by atoms with E-state index in [1.807, 2.05) is 21.1 Å². The minimum absolute atomic E-state index is 0.176. The van der Waals surface area contributed by atoms with Crippen molar-refractivity contribution in [3.63, 3.8) is 0 Å². The number of esters is 2. The molecule has 0 bridgehead atoms. The van der Waals surface area contributed by atoms with Gasteiger partial charge in [-0.25, -0.2) is 4.79 Å². The van der Waals surface area contributed by atoms with Crippen molar-refractivity contribution in [3.05, 3.63) is 24.3 Å². The van der Waals surface area contributed by atoms with Crippen molar-refractivity contribution in [2.75, 3.05) is 47.5 Å². The Balaban J connectivity index is 4.19. The average molecular weight is 992 g/mol. The molecule has 9 heteroatoms. The SMILES string of the molecule is CCCCCCC/C=C\C/C=C\CCCCCCCCCCCCCCCC(=O)OC(COC(=O)CCCCCCCCCCCCCCCCCCCCCC)COC(OCC[N+](C)(C)C)C(=O)O. The van der Waals surface area contributed by atoms with Crippen LogP contribution in [0.5, 0.6) is 0 Å². The molecular weight excluding hydrogens is 875 g/mol. The molecular formula is C61H116NO8+. The third-order valence-corrected chi connectivity index (χ3v) is 13.5. The Bertz CT molecular complexity index is 1200. The first-order chi connectivity index (χ1) is 34.1. The van der Waals surface area contributed by atoms with Crippen LogP contribution in [0.2, 0.25) is 0 Å². The Morgan fingerprint density at radius 1 is 0.429 bits per heavy atom. The van der Waals surface area contributed by atoms with Gasteiger partial charge in [-0.05, 0) is 44.9 Å². The summed E-state index contributed by atoms with van der Waals surface area (Å²) in [6.45, 7) is 4.92. The minimum atomic E-state index is -1.51. The molecule has 2 atom stereocenters. The summed E-state index contributed by atoms with van der Waals surface area (Å²) in [5, 5.41) is 9.71. The van der Waals surface area contributed by atoms with Crippen LogP contribution in [-0.4, -0.2) is 87.4 Å². The molecule has 70 heavy (non-hydrogen) atoms. The molecule has 0 saturated heterocycles. The number of rotatable bonds is 56. The van der Waals surface area contributed by atoms with E-state index in [2.05, 4.69) is 38.2 Å². The number of hydrogen-bond acceptors (Lipinski definition) is 7. The first-order valence-corrected chi connectivity index (χ1v) is 30.0. The van der Waals surface area contributed by atoms with Gasteiger partial charge < -0.3 is 28.5 Å². The number of ether oxygens (including phenoxy) is 4. The molecule has 1 N–H and O–H groups in total. The lowest BCUT2D eigenvalue weighted by atomic mass is 10.0. The molecule has 0 aliphatic carbocycles. The van der Waals surface area contributed by atoms with Gasteiger partial charge in [0, 0.05) is 12.8 Å². The zero-order chi connectivity index (χ0) is 51.3. The zero-order valence-electron chi connectivity index (χ0n) is 47.0. The van der Waals surface area contributed by atoms with Crippen LogP contribution in [0, 0.1) is 0 Å². The summed E-state index contributed by atoms with van der Waals surface area (Å²) < 4.78 is 22.9. The van der Waals surface area contributed by atoms with Gasteiger partial charge in [0.2, 0.25) is 0 Å². The highest BCUT2D eigenvalue weighted by Crippen LogP contribution is 2.17. The molecule has 0 amide bonds. The average Bonchev–Trinajstić information content (AvgIpc) is 3.33. The number of carboxylic acids is 1. The Morgan fingerprint density at radius 2 is 0.771 bits per heavy atom. The van der Waals surface area contributed by atoms with Gasteiger partial charge >= 0.3 is 17.9 Å². The Hall–Kier alpha value is -2.23. The smallest absolute Gasteiger partial charge is 0.361 e. The van der Waals surface area contributed by atoms with E-state index in [4.69, 9.17) is 18.9 Å². The first-order valence-electron chi connectivity index (χ1n) is 30.0. The molecule has 0 fully saturated rings. The fourth-order valence-corrected chi connectivity index (χ4v) is 8.81. The van der Waals surface area contributed by atoms with Gasteiger partial charge in [-0.15, -0.1) is 0 Å². The summed E-state index contributed by atoms with van der Waals surface area (Å²) in [6, 6.07) is 0. The van der Waals surface area contributed by atoms with E-state index in [0.717, 1.165) is 44.9 Å². The van der Waals surface area contributed by atoms with Crippen LogP contribution in [0.15, 0.2) is 24.3 Å². The van der Waals surface area contributed by atoms with Crippen molar-refractivity contribution in [2.24, 2.45) is 0 Å². The van der Waals surface area contributed by atoms with E-state index < -0.39 is 18.4 Å². The van der Waals surface area contributed by atoms with Crippen LogP contribution in [0.25, 0.3) is 0 Å². The molecule has 0 spiro atoms. The number of likely N-dealkylation sites (N-methyl/N-ethyl adjacent to an activating group) is 1. The fourth-order valence-electron chi connectivity index (χ4n) is 8.81. The molecule has 0 aromatic heterocycles. The van der Waals surface area contributed by atoms with Crippen LogP contribution in [0.1, 0.15) is 290 Å². The molecule has 0 saturated carbocycles. The van der Waals surface area contributed by atoms with Crippen molar-refractivity contribution in [3.8, 4) is 0 Å². The number of quaternary nitrogens is 1. The number of nitrogens with zero attached hydrogens (tertiary/aromatic N) is 1. The molecule has 412 valence electrons. The van der Waals surface area contributed by atoms with Gasteiger partial charge in [-0.1, -0.05) is 256 Å². The second-order valence-electron chi connectivity index (χ2n) is 21.7. The monoisotopic (exact) mass is 991 g/mol. The predicted octanol–water partition coefficient (Wildman–Crippen LogP) is 17.5. The maximum Gasteiger partial charge on any atom is 0.361 e. The molecule has 2 unspecified atom stereocenters. The van der Waals surface area contributed by atoms with Gasteiger partial charge in [0.05, 0.1) is 34.4 Å². The normalized spacial score (nSPS) is 12.9. The van der Waals surface area contributed by atoms with Gasteiger partial charge in [0.25, 0.3) is 6.29 Å². The van der Waals surface area contributed by atoms with Crippen molar-refractivity contribution in [1.82, 2.24) is 0 Å². The number of aliphatic carboxylic acids is 1. The standard InChI is InChI=1S/C61H115NO8/c1-6-8-10-12-14-16-18-20-22-24-26-28-29-30-31-32-34-36-38-40-42-44-46-48-50-52-59(64)70-57(56-69-61(60(65)66)67-54-53-62(3,4)5)55-68-58(63)51-49-47-45-43-41-39-37-35-33-27-25-23-21-19-17-15-13-11-9-7-2/h18,20,24,26,57,61H,6-17,19,21-23,25,27-56H2,1-5H3/p+1/b20-18-,26-24-. The quantitative estimate of drug-likeness (QED) is 0.0211. The predicted molar refractivity (Wildman–Crippen MR) is 295 cm³/mol. The van der Waals surface area contributed by atoms with Gasteiger partial charge in [-0.3, -0.25) is 9.59 Å². The highest BCUT2D eigenvalue weighted by atomic mass is 16.7. The minimum Gasteiger partial charge on any atom is -0.477 e. The molecule has 0 aliphatic rings. The molecule has 0 rings (SSSR count). The lowest BCUT2D eigenvalue weighted by Gasteiger charge is -2.25. The van der Waals surface area contributed by atoms with Crippen LogP contribution < -0.4 is 0 Å². The van der Waals surface area contributed by atoms with Crippen molar-refractivity contribution < 1.29 is 42.9 Å². The van der Waals surface area contributed by atoms with E-state index in [1.54, 1.807) is 0 Å². The number of allylic oxidation sites excluding steroid dienone is 4. The summed E-state index contributed by atoms with van der Waals surface area (Å²) in [7, 11) is 5.98. The molecule has 0 aliphatic heterocycles. The molecule has 9 nitrogen and oxygen atoms in total. The third-order valence-electron chi connectivity index (χ3n) is 13.5. The first kappa shape index (κ1) is 67.8. The summed E-state index contributed by atoms with van der Waals surface area (Å²) in [5.74, 6) is -1.98. The zero-order valence-corrected chi connectivity index (χ0v) is 47.0. The number of hydrogen-bond donors (Lipinski definition) is 1. The van der Waals surface area contributed by atoms with E-state index in [-0.39, 0.29) is 38.2 Å². The second-order valence-corrected chi connectivity index (χ2v) is 21.7. The molecule has 0 aromatic rings. The number of carboxylic acid groups (broad SMARTS) is 1.